The van der Waals surface area contributed by atoms with E-state index in [0.29, 0.717) is 6.04 Å². The number of benzene rings is 1. The van der Waals surface area contributed by atoms with Crippen molar-refractivity contribution in [3.8, 4) is 5.75 Å². The summed E-state index contributed by atoms with van der Waals surface area (Å²) in [6.45, 7) is 4.18. The van der Waals surface area contributed by atoms with Crippen molar-refractivity contribution in [1.29, 1.82) is 0 Å². The molecule has 2 atom stereocenters. The molecule has 2 heteroatoms. The van der Waals surface area contributed by atoms with Crippen molar-refractivity contribution >= 4 is 0 Å². The lowest BCUT2D eigenvalue weighted by Crippen LogP contribution is -2.25. The molecule has 0 saturated heterocycles. The first kappa shape index (κ1) is 8.57. The van der Waals surface area contributed by atoms with Gasteiger partial charge >= 0.3 is 0 Å². The fourth-order valence-electron chi connectivity index (χ4n) is 1.98. The predicted molar refractivity (Wildman–Crippen MR) is 53.1 cm³/mol. The average molecular weight is 177 g/mol. The zero-order valence-electron chi connectivity index (χ0n) is 8.29. The van der Waals surface area contributed by atoms with Crippen LogP contribution in [0.5, 0.6) is 5.75 Å². The van der Waals surface area contributed by atoms with Crippen molar-refractivity contribution in [2.45, 2.75) is 26.0 Å². The number of nitrogens with one attached hydrogen (secondary N) is 1. The van der Waals surface area contributed by atoms with Gasteiger partial charge in [0.05, 0.1) is 6.04 Å². The van der Waals surface area contributed by atoms with Crippen molar-refractivity contribution in [1.82, 2.24) is 5.32 Å². The average Bonchev–Trinajstić information content (AvgIpc) is 2.43. The van der Waals surface area contributed by atoms with Crippen LogP contribution >= 0.6 is 0 Å². The first-order chi connectivity index (χ1) is 6.24. The van der Waals surface area contributed by atoms with Gasteiger partial charge in [-0.1, -0.05) is 18.2 Å². The molecule has 2 nitrogen and oxygen atoms in total. The molecule has 0 aromatic heterocycles. The largest absolute Gasteiger partial charge is 0.488 e. The Hall–Kier alpha value is -1.02. The maximum atomic E-state index is 5.78. The van der Waals surface area contributed by atoms with Crippen LogP contribution in [0.15, 0.2) is 18.2 Å². The lowest BCUT2D eigenvalue weighted by atomic mass is 10.0. The number of ether oxygens (including phenoxy) is 1. The fourth-order valence-corrected chi connectivity index (χ4v) is 1.98. The Bertz CT molecular complexity index is 322. The Balaban J connectivity index is 2.48. The highest BCUT2D eigenvalue weighted by Gasteiger charge is 2.30. The van der Waals surface area contributed by atoms with Gasteiger partial charge in [0.2, 0.25) is 0 Å². The van der Waals surface area contributed by atoms with Gasteiger partial charge in [-0.25, -0.2) is 0 Å². The molecule has 2 unspecified atom stereocenters. The van der Waals surface area contributed by atoms with Crippen LogP contribution in [0.4, 0.5) is 0 Å². The van der Waals surface area contributed by atoms with E-state index in [1.165, 1.54) is 11.1 Å². The highest BCUT2D eigenvalue weighted by Crippen LogP contribution is 2.38. The van der Waals surface area contributed by atoms with E-state index in [1.54, 1.807) is 0 Å². The summed E-state index contributed by atoms with van der Waals surface area (Å²) >= 11 is 0. The molecule has 0 amide bonds. The smallest absolute Gasteiger partial charge is 0.127 e. The summed E-state index contributed by atoms with van der Waals surface area (Å²) in [6.07, 6.45) is 0.237. The topological polar surface area (TPSA) is 21.3 Å². The van der Waals surface area contributed by atoms with Gasteiger partial charge in [0.1, 0.15) is 11.9 Å². The molecule has 0 bridgehead atoms. The van der Waals surface area contributed by atoms with E-state index in [4.69, 9.17) is 4.74 Å². The monoisotopic (exact) mass is 177 g/mol. The summed E-state index contributed by atoms with van der Waals surface area (Å²) in [6, 6.07) is 6.64. The number of hydrogen-bond donors (Lipinski definition) is 1. The summed E-state index contributed by atoms with van der Waals surface area (Å²) in [7, 11) is 1.97. The molecule has 0 radical (unpaired) electrons. The van der Waals surface area contributed by atoms with Crippen molar-refractivity contribution in [2.24, 2.45) is 0 Å². The number of aryl methyl sites for hydroxylation is 1. The lowest BCUT2D eigenvalue weighted by molar-refractivity contribution is 0.213. The minimum atomic E-state index is 0.237. The van der Waals surface area contributed by atoms with Gasteiger partial charge in [0.25, 0.3) is 0 Å². The van der Waals surface area contributed by atoms with Crippen molar-refractivity contribution in [2.75, 3.05) is 7.05 Å². The summed E-state index contributed by atoms with van der Waals surface area (Å²) in [5.41, 5.74) is 2.51. The third kappa shape index (κ3) is 1.22. The van der Waals surface area contributed by atoms with Crippen LogP contribution in [0.3, 0.4) is 0 Å². The molecule has 0 saturated carbocycles. The van der Waals surface area contributed by atoms with E-state index in [-0.39, 0.29) is 6.10 Å². The molecule has 1 aromatic rings. The second-order valence-electron chi connectivity index (χ2n) is 3.58. The van der Waals surface area contributed by atoms with Crippen LogP contribution < -0.4 is 10.1 Å². The highest BCUT2D eigenvalue weighted by atomic mass is 16.5. The molecule has 0 fully saturated rings. The second-order valence-corrected chi connectivity index (χ2v) is 3.58. The minimum absolute atomic E-state index is 0.237. The summed E-state index contributed by atoms with van der Waals surface area (Å²) < 4.78 is 5.78. The SMILES string of the molecule is CNC1c2cccc(C)c2OC1C. The Kier molecular flexibility index (Phi) is 2.00. The third-order valence-electron chi connectivity index (χ3n) is 2.66. The van der Waals surface area contributed by atoms with E-state index >= 15 is 0 Å². The quantitative estimate of drug-likeness (QED) is 0.708. The number of fused-ring (bicyclic) bond motifs is 1. The fraction of sp³-hybridized carbons (Fsp3) is 0.455. The van der Waals surface area contributed by atoms with Gasteiger partial charge in [-0.05, 0) is 26.5 Å². The summed E-state index contributed by atoms with van der Waals surface area (Å²) in [5, 5.41) is 3.27. The molecule has 1 N–H and O–H groups in total. The van der Waals surface area contributed by atoms with E-state index in [1.807, 2.05) is 7.05 Å². The molecule has 70 valence electrons. The number of para-hydroxylation sites is 1. The minimum Gasteiger partial charge on any atom is -0.488 e. The Morgan fingerprint density at radius 2 is 2.15 bits per heavy atom. The molecule has 1 aliphatic heterocycles. The number of likely N-dealkylation sites (N-methyl/N-ethyl adjacent to an activating group) is 1. The number of rotatable bonds is 1. The van der Waals surface area contributed by atoms with Crippen molar-refractivity contribution < 1.29 is 4.74 Å². The molecule has 0 aliphatic carbocycles. The van der Waals surface area contributed by atoms with E-state index in [2.05, 4.69) is 37.4 Å². The van der Waals surface area contributed by atoms with Crippen LogP contribution in [-0.4, -0.2) is 13.2 Å². The van der Waals surface area contributed by atoms with Gasteiger partial charge < -0.3 is 10.1 Å². The van der Waals surface area contributed by atoms with Gasteiger partial charge in [-0.3, -0.25) is 0 Å². The zero-order valence-corrected chi connectivity index (χ0v) is 8.29. The van der Waals surface area contributed by atoms with Crippen molar-refractivity contribution in [3.05, 3.63) is 29.3 Å². The molecule has 1 aromatic carbocycles. The first-order valence-corrected chi connectivity index (χ1v) is 4.67. The van der Waals surface area contributed by atoms with Crippen LogP contribution in [0, 0.1) is 6.92 Å². The van der Waals surface area contributed by atoms with Gasteiger partial charge in [0, 0.05) is 5.56 Å². The van der Waals surface area contributed by atoms with E-state index < -0.39 is 0 Å². The lowest BCUT2D eigenvalue weighted by Gasteiger charge is -2.12. The van der Waals surface area contributed by atoms with Crippen LogP contribution in [0.2, 0.25) is 0 Å². The normalized spacial score (nSPS) is 25.5. The molecule has 2 rings (SSSR count). The Labute approximate surface area is 78.9 Å². The van der Waals surface area contributed by atoms with E-state index in [0.717, 1.165) is 5.75 Å². The molecular weight excluding hydrogens is 162 g/mol. The molecule has 0 spiro atoms. The summed E-state index contributed by atoms with van der Waals surface area (Å²) in [5.74, 6) is 1.06. The maximum Gasteiger partial charge on any atom is 0.127 e. The van der Waals surface area contributed by atoms with Gasteiger partial charge in [0.15, 0.2) is 0 Å². The van der Waals surface area contributed by atoms with Gasteiger partial charge in [-0.2, -0.15) is 0 Å². The van der Waals surface area contributed by atoms with Crippen LogP contribution in [0.1, 0.15) is 24.1 Å². The zero-order chi connectivity index (χ0) is 9.42. The third-order valence-corrected chi connectivity index (χ3v) is 2.66. The first-order valence-electron chi connectivity index (χ1n) is 4.67. The predicted octanol–water partition coefficient (Wildman–Crippen LogP) is 2.04. The van der Waals surface area contributed by atoms with Crippen LogP contribution in [0.25, 0.3) is 0 Å². The van der Waals surface area contributed by atoms with Crippen LogP contribution in [-0.2, 0) is 0 Å². The van der Waals surface area contributed by atoms with E-state index in [9.17, 15) is 0 Å². The summed E-state index contributed by atoms with van der Waals surface area (Å²) in [4.78, 5) is 0. The molecule has 13 heavy (non-hydrogen) atoms. The number of hydrogen-bond acceptors (Lipinski definition) is 2. The maximum absolute atomic E-state index is 5.78. The second kappa shape index (κ2) is 3.04. The molecule has 1 heterocycles. The molecule has 1 aliphatic rings. The van der Waals surface area contributed by atoms with Gasteiger partial charge in [-0.15, -0.1) is 0 Å². The van der Waals surface area contributed by atoms with Crippen molar-refractivity contribution in [3.63, 3.8) is 0 Å². The highest BCUT2D eigenvalue weighted by molar-refractivity contribution is 5.46. The standard InChI is InChI=1S/C11H15NO/c1-7-5-4-6-9-10(12-3)8(2)13-11(7)9/h4-6,8,10,12H,1-3H3. The Morgan fingerprint density at radius 3 is 2.85 bits per heavy atom. The molecular formula is C11H15NO. The Morgan fingerprint density at radius 1 is 1.38 bits per heavy atom.